The van der Waals surface area contributed by atoms with Gasteiger partial charge in [0.25, 0.3) is 0 Å². The quantitative estimate of drug-likeness (QED) is 0.915. The van der Waals surface area contributed by atoms with Crippen molar-refractivity contribution in [1.29, 1.82) is 0 Å². The highest BCUT2D eigenvalue weighted by molar-refractivity contribution is 5.43. The molecular formula is C16H19NO2. The van der Waals surface area contributed by atoms with Gasteiger partial charge in [-0.15, -0.1) is 0 Å². The maximum Gasteiger partial charge on any atom is 0.125 e. The summed E-state index contributed by atoms with van der Waals surface area (Å²) in [5.41, 5.74) is 5.20. The topological polar surface area (TPSA) is 42.4 Å². The van der Waals surface area contributed by atoms with Crippen LogP contribution in [0, 0.1) is 20.8 Å². The zero-order valence-corrected chi connectivity index (χ0v) is 11.6. The molecule has 0 atom stereocenters. The lowest BCUT2D eigenvalue weighted by Gasteiger charge is -2.13. The number of aryl methyl sites for hydroxylation is 3. The molecule has 19 heavy (non-hydrogen) atoms. The fourth-order valence-corrected chi connectivity index (χ4v) is 2.21. The molecular weight excluding hydrogens is 238 g/mol. The molecule has 0 saturated heterocycles. The summed E-state index contributed by atoms with van der Waals surface area (Å²) in [6, 6.07) is 5.98. The SMILES string of the molecule is Cc1cncc(COc2c(C)cc(CO)cc2C)c1. The third-order valence-electron chi connectivity index (χ3n) is 3.02. The normalized spacial score (nSPS) is 10.5. The van der Waals surface area contributed by atoms with Crippen molar-refractivity contribution in [3.05, 3.63) is 58.4 Å². The van der Waals surface area contributed by atoms with Crippen LogP contribution in [0.15, 0.2) is 30.6 Å². The molecule has 1 aromatic heterocycles. The summed E-state index contributed by atoms with van der Waals surface area (Å²) < 4.78 is 5.89. The van der Waals surface area contributed by atoms with Gasteiger partial charge >= 0.3 is 0 Å². The lowest BCUT2D eigenvalue weighted by atomic mass is 10.1. The van der Waals surface area contributed by atoms with Crippen LogP contribution in [0.3, 0.4) is 0 Å². The molecule has 1 aromatic carbocycles. The van der Waals surface area contributed by atoms with Gasteiger partial charge in [-0.2, -0.15) is 0 Å². The number of benzene rings is 1. The Morgan fingerprint density at radius 2 is 1.68 bits per heavy atom. The molecule has 0 aliphatic carbocycles. The zero-order valence-electron chi connectivity index (χ0n) is 11.6. The number of hydrogen-bond acceptors (Lipinski definition) is 3. The molecule has 1 heterocycles. The van der Waals surface area contributed by atoms with Crippen molar-refractivity contribution in [2.75, 3.05) is 0 Å². The Hall–Kier alpha value is -1.87. The summed E-state index contributed by atoms with van der Waals surface area (Å²) in [5.74, 6) is 0.888. The molecule has 0 bridgehead atoms. The van der Waals surface area contributed by atoms with Gasteiger partial charge < -0.3 is 9.84 Å². The van der Waals surface area contributed by atoms with Crippen LogP contribution in [0.1, 0.15) is 27.8 Å². The van der Waals surface area contributed by atoms with E-state index < -0.39 is 0 Å². The standard InChI is InChI=1S/C16H19NO2/c1-11-4-15(8-17-7-11)10-19-16-12(2)5-14(9-18)6-13(16)3/h4-8,18H,9-10H2,1-3H3. The highest BCUT2D eigenvalue weighted by Crippen LogP contribution is 2.25. The van der Waals surface area contributed by atoms with E-state index >= 15 is 0 Å². The average Bonchev–Trinajstić information content (AvgIpc) is 2.37. The number of rotatable bonds is 4. The summed E-state index contributed by atoms with van der Waals surface area (Å²) in [6.45, 7) is 6.58. The maximum atomic E-state index is 9.17. The van der Waals surface area contributed by atoms with Gasteiger partial charge in [0, 0.05) is 18.0 Å². The molecule has 3 nitrogen and oxygen atoms in total. The van der Waals surface area contributed by atoms with Gasteiger partial charge in [0.1, 0.15) is 12.4 Å². The van der Waals surface area contributed by atoms with Gasteiger partial charge in [-0.1, -0.05) is 12.1 Å². The van der Waals surface area contributed by atoms with Crippen LogP contribution in [-0.2, 0) is 13.2 Å². The van der Waals surface area contributed by atoms with E-state index in [1.165, 1.54) is 0 Å². The monoisotopic (exact) mass is 257 g/mol. The van der Waals surface area contributed by atoms with E-state index in [1.54, 1.807) is 0 Å². The Kier molecular flexibility index (Phi) is 4.17. The van der Waals surface area contributed by atoms with Crippen LogP contribution >= 0.6 is 0 Å². The Morgan fingerprint density at radius 1 is 1.00 bits per heavy atom. The number of ether oxygens (including phenoxy) is 1. The van der Waals surface area contributed by atoms with Crippen molar-refractivity contribution < 1.29 is 9.84 Å². The predicted octanol–water partition coefficient (Wildman–Crippen LogP) is 3.08. The first-order chi connectivity index (χ1) is 9.10. The molecule has 1 N–H and O–H groups in total. The summed E-state index contributed by atoms with van der Waals surface area (Å²) in [7, 11) is 0. The number of hydrogen-bond donors (Lipinski definition) is 1. The first-order valence-corrected chi connectivity index (χ1v) is 6.34. The predicted molar refractivity (Wildman–Crippen MR) is 75.1 cm³/mol. The van der Waals surface area contributed by atoms with Gasteiger partial charge in [0.05, 0.1) is 6.61 Å². The smallest absolute Gasteiger partial charge is 0.125 e. The molecule has 0 fully saturated rings. The minimum Gasteiger partial charge on any atom is -0.488 e. The Morgan fingerprint density at radius 3 is 2.26 bits per heavy atom. The van der Waals surface area contributed by atoms with Crippen LogP contribution in [0.4, 0.5) is 0 Å². The number of aromatic nitrogens is 1. The highest BCUT2D eigenvalue weighted by Gasteiger charge is 2.06. The Balaban J connectivity index is 2.16. The van der Waals surface area contributed by atoms with E-state index in [0.29, 0.717) is 6.61 Å². The summed E-state index contributed by atoms with van der Waals surface area (Å²) >= 11 is 0. The van der Waals surface area contributed by atoms with Crippen LogP contribution in [0.2, 0.25) is 0 Å². The van der Waals surface area contributed by atoms with Gasteiger partial charge in [0.2, 0.25) is 0 Å². The number of aliphatic hydroxyl groups is 1. The molecule has 0 aliphatic heterocycles. The Bertz CT molecular complexity index is 556. The molecule has 2 aromatic rings. The third kappa shape index (κ3) is 3.32. The fourth-order valence-electron chi connectivity index (χ4n) is 2.21. The molecule has 0 spiro atoms. The van der Waals surface area contributed by atoms with Crippen molar-refractivity contribution >= 4 is 0 Å². The van der Waals surface area contributed by atoms with E-state index in [9.17, 15) is 0 Å². The fraction of sp³-hybridized carbons (Fsp3) is 0.312. The van der Waals surface area contributed by atoms with Crippen molar-refractivity contribution in [2.24, 2.45) is 0 Å². The molecule has 3 heteroatoms. The zero-order chi connectivity index (χ0) is 13.8. The van der Waals surface area contributed by atoms with E-state index in [2.05, 4.69) is 11.1 Å². The maximum absolute atomic E-state index is 9.17. The molecule has 0 aliphatic rings. The van der Waals surface area contributed by atoms with Gasteiger partial charge in [-0.3, -0.25) is 4.98 Å². The molecule has 2 rings (SSSR count). The average molecular weight is 257 g/mol. The largest absolute Gasteiger partial charge is 0.488 e. The minimum absolute atomic E-state index is 0.0593. The highest BCUT2D eigenvalue weighted by atomic mass is 16.5. The van der Waals surface area contributed by atoms with Crippen molar-refractivity contribution in [2.45, 2.75) is 34.0 Å². The summed E-state index contributed by atoms with van der Waals surface area (Å²) in [6.07, 6.45) is 3.65. The van der Waals surface area contributed by atoms with Gasteiger partial charge in [-0.05, 0) is 49.1 Å². The second kappa shape index (κ2) is 5.85. The second-order valence-corrected chi connectivity index (χ2v) is 4.88. The lowest BCUT2D eigenvalue weighted by Crippen LogP contribution is -2.01. The van der Waals surface area contributed by atoms with Crippen molar-refractivity contribution in [3.63, 3.8) is 0 Å². The van der Waals surface area contributed by atoms with Crippen LogP contribution in [0.5, 0.6) is 5.75 Å². The number of aliphatic hydroxyl groups excluding tert-OH is 1. The number of pyridine rings is 1. The summed E-state index contributed by atoms with van der Waals surface area (Å²) in [4.78, 5) is 4.16. The van der Waals surface area contributed by atoms with Crippen molar-refractivity contribution in [3.8, 4) is 5.75 Å². The number of nitrogens with zero attached hydrogens (tertiary/aromatic N) is 1. The first kappa shape index (κ1) is 13.6. The lowest BCUT2D eigenvalue weighted by molar-refractivity contribution is 0.280. The van der Waals surface area contributed by atoms with Crippen molar-refractivity contribution in [1.82, 2.24) is 4.98 Å². The van der Waals surface area contributed by atoms with E-state index in [1.807, 2.05) is 45.3 Å². The first-order valence-electron chi connectivity index (χ1n) is 6.34. The Labute approximate surface area is 113 Å². The van der Waals surface area contributed by atoms with E-state index in [0.717, 1.165) is 33.6 Å². The van der Waals surface area contributed by atoms with E-state index in [4.69, 9.17) is 9.84 Å². The molecule has 0 saturated carbocycles. The third-order valence-corrected chi connectivity index (χ3v) is 3.02. The van der Waals surface area contributed by atoms with E-state index in [-0.39, 0.29) is 6.61 Å². The van der Waals surface area contributed by atoms with Gasteiger partial charge in [-0.25, -0.2) is 0 Å². The summed E-state index contributed by atoms with van der Waals surface area (Å²) in [5, 5.41) is 9.17. The molecule has 100 valence electrons. The minimum atomic E-state index is 0.0593. The van der Waals surface area contributed by atoms with Crippen LogP contribution in [-0.4, -0.2) is 10.1 Å². The molecule has 0 unspecified atom stereocenters. The molecule has 0 amide bonds. The molecule has 0 radical (unpaired) electrons. The second-order valence-electron chi connectivity index (χ2n) is 4.88. The van der Waals surface area contributed by atoms with Crippen LogP contribution in [0.25, 0.3) is 0 Å². The van der Waals surface area contributed by atoms with Crippen LogP contribution < -0.4 is 4.74 Å². The van der Waals surface area contributed by atoms with Gasteiger partial charge in [0.15, 0.2) is 0 Å².